The molecule has 3 rings (SSSR count). The van der Waals surface area contributed by atoms with E-state index in [1.165, 1.54) is 25.3 Å². The predicted molar refractivity (Wildman–Crippen MR) is 128 cm³/mol. The van der Waals surface area contributed by atoms with Crippen LogP contribution in [0.3, 0.4) is 0 Å². The van der Waals surface area contributed by atoms with Gasteiger partial charge < -0.3 is 19.9 Å². The predicted octanol–water partition coefficient (Wildman–Crippen LogP) is 6.65. The second-order valence-corrected chi connectivity index (χ2v) is 8.32. The Bertz CT molecular complexity index is 1230. The molecule has 0 aliphatic carbocycles. The van der Waals surface area contributed by atoms with Crippen molar-refractivity contribution in [2.24, 2.45) is 0 Å². The van der Waals surface area contributed by atoms with Gasteiger partial charge in [-0.25, -0.2) is 4.79 Å². The molecule has 1 atom stereocenters. The molecular weight excluding hydrogens is 499 g/mol. The number of ether oxygens (including phenoxy) is 2. The molecule has 0 saturated carbocycles. The highest BCUT2D eigenvalue weighted by Gasteiger charge is 2.30. The SMILES string of the molecule is COc1ccc(CC(=O)O)c(CNC(=O)OC(C)c2ccc(Cl)cc2)c1-c1ccc(C(F)(F)F)cc1. The van der Waals surface area contributed by atoms with Crippen LogP contribution in [0, 0.1) is 0 Å². The number of aliphatic carboxylic acids is 1. The molecule has 0 fully saturated rings. The third kappa shape index (κ3) is 6.69. The summed E-state index contributed by atoms with van der Waals surface area (Å²) in [6.07, 6.45) is -6.24. The summed E-state index contributed by atoms with van der Waals surface area (Å²) >= 11 is 5.88. The number of carboxylic acid groups (broad SMARTS) is 1. The van der Waals surface area contributed by atoms with Crippen molar-refractivity contribution in [2.45, 2.75) is 32.2 Å². The molecule has 0 saturated heterocycles. The zero-order valence-electron chi connectivity index (χ0n) is 19.4. The van der Waals surface area contributed by atoms with Crippen molar-refractivity contribution in [1.82, 2.24) is 5.32 Å². The van der Waals surface area contributed by atoms with Gasteiger partial charge in [-0.15, -0.1) is 0 Å². The second-order valence-electron chi connectivity index (χ2n) is 7.88. The van der Waals surface area contributed by atoms with Gasteiger partial charge in [0.1, 0.15) is 11.9 Å². The highest BCUT2D eigenvalue weighted by Crippen LogP contribution is 2.38. The van der Waals surface area contributed by atoms with E-state index in [0.29, 0.717) is 38.6 Å². The Hall–Kier alpha value is -3.72. The van der Waals surface area contributed by atoms with Gasteiger partial charge in [-0.2, -0.15) is 13.2 Å². The van der Waals surface area contributed by atoms with Crippen LogP contribution in [-0.4, -0.2) is 24.3 Å². The van der Waals surface area contributed by atoms with Crippen LogP contribution in [-0.2, 0) is 28.7 Å². The lowest BCUT2D eigenvalue weighted by atomic mass is 9.92. The fourth-order valence-electron chi connectivity index (χ4n) is 3.68. The van der Waals surface area contributed by atoms with Crippen molar-refractivity contribution in [1.29, 1.82) is 0 Å². The van der Waals surface area contributed by atoms with E-state index in [1.54, 1.807) is 37.3 Å². The van der Waals surface area contributed by atoms with Gasteiger partial charge in [0.15, 0.2) is 0 Å². The maximum Gasteiger partial charge on any atom is 0.416 e. The van der Waals surface area contributed by atoms with Crippen molar-refractivity contribution in [3.05, 3.63) is 87.9 Å². The molecule has 36 heavy (non-hydrogen) atoms. The van der Waals surface area contributed by atoms with Crippen LogP contribution in [0.5, 0.6) is 5.75 Å². The summed E-state index contributed by atoms with van der Waals surface area (Å²) in [5.74, 6) is -0.803. The first-order valence-corrected chi connectivity index (χ1v) is 11.2. The lowest BCUT2D eigenvalue weighted by Crippen LogP contribution is -2.26. The standard InChI is InChI=1S/C26H23ClF3NO5/c1-15(16-5-10-20(27)11-6-16)36-25(34)31-14-21-18(13-23(32)33)7-12-22(35-2)24(21)17-3-8-19(9-4-17)26(28,29)30/h3-12,15H,13-14H2,1-2H3,(H,31,34)(H,32,33). The molecule has 0 radical (unpaired) electrons. The van der Waals surface area contributed by atoms with Crippen molar-refractivity contribution >= 4 is 23.7 Å². The van der Waals surface area contributed by atoms with Gasteiger partial charge in [0.25, 0.3) is 0 Å². The molecule has 0 aromatic heterocycles. The number of benzene rings is 3. The number of amides is 1. The topological polar surface area (TPSA) is 84.9 Å². The fourth-order valence-corrected chi connectivity index (χ4v) is 3.80. The summed E-state index contributed by atoms with van der Waals surface area (Å²) in [7, 11) is 1.39. The van der Waals surface area contributed by atoms with Gasteiger partial charge in [0.05, 0.1) is 19.1 Å². The van der Waals surface area contributed by atoms with Crippen LogP contribution in [0.25, 0.3) is 11.1 Å². The average molecular weight is 522 g/mol. The zero-order valence-corrected chi connectivity index (χ0v) is 20.1. The first-order chi connectivity index (χ1) is 17.0. The molecule has 0 aliphatic heterocycles. The summed E-state index contributed by atoms with van der Waals surface area (Å²) in [6, 6.07) is 14.3. The van der Waals surface area contributed by atoms with Crippen LogP contribution in [0.15, 0.2) is 60.7 Å². The van der Waals surface area contributed by atoms with Crippen LogP contribution in [0.4, 0.5) is 18.0 Å². The second kappa shape index (κ2) is 11.3. The van der Waals surface area contributed by atoms with Gasteiger partial charge in [0, 0.05) is 17.1 Å². The van der Waals surface area contributed by atoms with Gasteiger partial charge in [-0.1, -0.05) is 41.9 Å². The minimum Gasteiger partial charge on any atom is -0.496 e. The van der Waals surface area contributed by atoms with Gasteiger partial charge in [0.2, 0.25) is 0 Å². The molecule has 0 aliphatic rings. The van der Waals surface area contributed by atoms with E-state index in [0.717, 1.165) is 12.1 Å². The Morgan fingerprint density at radius 1 is 1.03 bits per heavy atom. The van der Waals surface area contributed by atoms with Crippen LogP contribution >= 0.6 is 11.6 Å². The first kappa shape index (κ1) is 26.9. The molecule has 10 heteroatoms. The first-order valence-electron chi connectivity index (χ1n) is 10.8. The van der Waals surface area contributed by atoms with Crippen molar-refractivity contribution in [2.75, 3.05) is 7.11 Å². The number of halogens is 4. The third-order valence-corrected chi connectivity index (χ3v) is 5.72. The third-order valence-electron chi connectivity index (χ3n) is 5.47. The number of alkyl carbamates (subject to hydrolysis) is 1. The monoisotopic (exact) mass is 521 g/mol. The van der Waals surface area contributed by atoms with E-state index < -0.39 is 29.9 Å². The Morgan fingerprint density at radius 3 is 2.22 bits per heavy atom. The minimum atomic E-state index is -4.51. The largest absolute Gasteiger partial charge is 0.496 e. The van der Waals surface area contributed by atoms with Crippen LogP contribution in [0.2, 0.25) is 5.02 Å². The summed E-state index contributed by atoms with van der Waals surface area (Å²) in [6.45, 7) is 1.53. The summed E-state index contributed by atoms with van der Waals surface area (Å²) in [5.41, 5.74) is 1.37. The van der Waals surface area contributed by atoms with Crippen molar-refractivity contribution in [3.8, 4) is 16.9 Å². The Balaban J connectivity index is 1.91. The Labute approximate surface area is 210 Å². The number of hydrogen-bond donors (Lipinski definition) is 2. The molecule has 0 bridgehead atoms. The quantitative estimate of drug-likeness (QED) is 0.347. The Kier molecular flexibility index (Phi) is 8.47. The molecule has 1 unspecified atom stereocenters. The number of hydrogen-bond acceptors (Lipinski definition) is 4. The van der Waals surface area contributed by atoms with E-state index in [-0.39, 0.29) is 13.0 Å². The van der Waals surface area contributed by atoms with Crippen LogP contribution in [0.1, 0.15) is 35.3 Å². The normalized spacial score (nSPS) is 12.1. The molecule has 3 aromatic rings. The molecule has 2 N–H and O–H groups in total. The molecule has 0 spiro atoms. The van der Waals surface area contributed by atoms with Gasteiger partial charge in [-0.3, -0.25) is 4.79 Å². The average Bonchev–Trinajstić information content (AvgIpc) is 2.82. The van der Waals surface area contributed by atoms with E-state index >= 15 is 0 Å². The minimum absolute atomic E-state index is 0.150. The van der Waals surface area contributed by atoms with Crippen molar-refractivity contribution in [3.63, 3.8) is 0 Å². The van der Waals surface area contributed by atoms with Gasteiger partial charge in [-0.05, 0) is 59.5 Å². The van der Waals surface area contributed by atoms with E-state index in [2.05, 4.69) is 5.32 Å². The highest BCUT2D eigenvalue weighted by molar-refractivity contribution is 6.30. The van der Waals surface area contributed by atoms with E-state index in [1.807, 2.05) is 0 Å². The fraction of sp³-hybridized carbons (Fsp3) is 0.231. The molecular formula is C26H23ClF3NO5. The number of rotatable bonds is 8. The lowest BCUT2D eigenvalue weighted by molar-refractivity contribution is -0.138. The summed E-state index contributed by atoms with van der Waals surface area (Å²) in [4.78, 5) is 24.0. The summed E-state index contributed by atoms with van der Waals surface area (Å²) in [5, 5.41) is 12.5. The number of alkyl halides is 3. The van der Waals surface area contributed by atoms with Crippen molar-refractivity contribution < 1.29 is 37.3 Å². The maximum absolute atomic E-state index is 13.1. The maximum atomic E-state index is 13.1. The molecule has 190 valence electrons. The molecule has 6 nitrogen and oxygen atoms in total. The zero-order chi connectivity index (χ0) is 26.5. The van der Waals surface area contributed by atoms with Crippen LogP contribution < -0.4 is 10.1 Å². The highest BCUT2D eigenvalue weighted by atomic mass is 35.5. The number of methoxy groups -OCH3 is 1. The van der Waals surface area contributed by atoms with E-state index in [9.17, 15) is 27.9 Å². The molecule has 0 heterocycles. The lowest BCUT2D eigenvalue weighted by Gasteiger charge is -2.20. The molecule has 3 aromatic carbocycles. The number of carbonyl (C=O) groups is 2. The number of carbonyl (C=O) groups excluding carboxylic acids is 1. The number of nitrogens with one attached hydrogen (secondary N) is 1. The number of carboxylic acids is 1. The smallest absolute Gasteiger partial charge is 0.416 e. The van der Waals surface area contributed by atoms with E-state index in [4.69, 9.17) is 21.1 Å². The Morgan fingerprint density at radius 2 is 1.67 bits per heavy atom. The van der Waals surface area contributed by atoms with Gasteiger partial charge >= 0.3 is 18.2 Å². The summed E-state index contributed by atoms with van der Waals surface area (Å²) < 4.78 is 50.0. The molecule has 1 amide bonds.